The third kappa shape index (κ3) is 2.80. The molecule has 1 aromatic carbocycles. The lowest BCUT2D eigenvalue weighted by molar-refractivity contribution is -0.132. The summed E-state index contributed by atoms with van der Waals surface area (Å²) in [5.41, 5.74) is 0.315. The first kappa shape index (κ1) is 11.2. The van der Waals surface area contributed by atoms with E-state index in [1.165, 1.54) is 32.2 Å². The first-order valence-electron chi connectivity index (χ1n) is 4.29. The van der Waals surface area contributed by atoms with E-state index in [2.05, 4.69) is 0 Å². The van der Waals surface area contributed by atoms with E-state index in [1.54, 1.807) is 6.07 Å². The third-order valence-corrected chi connectivity index (χ3v) is 1.92. The van der Waals surface area contributed by atoms with Crippen LogP contribution in [0.4, 0.5) is 4.39 Å². The van der Waals surface area contributed by atoms with Crippen LogP contribution < -0.4 is 4.74 Å². The SMILES string of the molecule is COc1ccc(/C=C(\C)C(=O)O)c(F)c1. The van der Waals surface area contributed by atoms with Crippen LogP contribution in [0.1, 0.15) is 12.5 Å². The van der Waals surface area contributed by atoms with E-state index in [9.17, 15) is 9.18 Å². The summed E-state index contributed by atoms with van der Waals surface area (Å²) in [5.74, 6) is -1.17. The highest BCUT2D eigenvalue weighted by molar-refractivity contribution is 5.91. The molecule has 0 aliphatic carbocycles. The van der Waals surface area contributed by atoms with Crippen LogP contribution in [0.5, 0.6) is 5.75 Å². The highest BCUT2D eigenvalue weighted by atomic mass is 19.1. The van der Waals surface area contributed by atoms with Crippen molar-refractivity contribution in [3.05, 3.63) is 35.2 Å². The number of benzene rings is 1. The predicted molar refractivity (Wildman–Crippen MR) is 54.2 cm³/mol. The van der Waals surface area contributed by atoms with Gasteiger partial charge in [-0.3, -0.25) is 0 Å². The van der Waals surface area contributed by atoms with Crippen LogP contribution in [-0.4, -0.2) is 18.2 Å². The zero-order valence-corrected chi connectivity index (χ0v) is 8.45. The summed E-state index contributed by atoms with van der Waals surface area (Å²) in [7, 11) is 1.44. The number of ether oxygens (including phenoxy) is 1. The lowest BCUT2D eigenvalue weighted by atomic mass is 10.1. The molecule has 1 aromatic rings. The number of carboxylic acid groups (broad SMARTS) is 1. The maximum atomic E-state index is 13.3. The predicted octanol–water partition coefficient (Wildman–Crippen LogP) is 2.32. The van der Waals surface area contributed by atoms with Gasteiger partial charge in [0.2, 0.25) is 0 Å². The standard InChI is InChI=1S/C11H11FO3/c1-7(11(13)14)5-8-3-4-9(15-2)6-10(8)12/h3-6H,1-2H3,(H,13,14)/b7-5+. The molecule has 0 unspecified atom stereocenters. The average molecular weight is 210 g/mol. The molecule has 0 fully saturated rings. The van der Waals surface area contributed by atoms with Gasteiger partial charge in [-0.2, -0.15) is 0 Å². The summed E-state index contributed by atoms with van der Waals surface area (Å²) < 4.78 is 18.2. The Labute approximate surface area is 86.8 Å². The highest BCUT2D eigenvalue weighted by Crippen LogP contribution is 2.18. The molecule has 80 valence electrons. The molecule has 0 aromatic heterocycles. The number of methoxy groups -OCH3 is 1. The Morgan fingerprint density at radius 2 is 2.20 bits per heavy atom. The third-order valence-electron chi connectivity index (χ3n) is 1.92. The Hall–Kier alpha value is -1.84. The van der Waals surface area contributed by atoms with Crippen LogP contribution in [0.3, 0.4) is 0 Å². The summed E-state index contributed by atoms with van der Waals surface area (Å²) >= 11 is 0. The second-order valence-electron chi connectivity index (χ2n) is 3.02. The molecule has 0 radical (unpaired) electrons. The van der Waals surface area contributed by atoms with Gasteiger partial charge >= 0.3 is 5.97 Å². The lowest BCUT2D eigenvalue weighted by Gasteiger charge is -2.02. The summed E-state index contributed by atoms with van der Waals surface area (Å²) in [6.45, 7) is 1.41. The van der Waals surface area contributed by atoms with Crippen molar-refractivity contribution in [1.82, 2.24) is 0 Å². The minimum absolute atomic E-state index is 0.0825. The van der Waals surface area contributed by atoms with Gasteiger partial charge in [-0.25, -0.2) is 9.18 Å². The molecular weight excluding hydrogens is 199 g/mol. The fourth-order valence-electron chi connectivity index (χ4n) is 1.05. The second-order valence-corrected chi connectivity index (χ2v) is 3.02. The highest BCUT2D eigenvalue weighted by Gasteiger charge is 2.05. The lowest BCUT2D eigenvalue weighted by Crippen LogP contribution is -1.96. The Balaban J connectivity index is 3.07. The zero-order valence-electron chi connectivity index (χ0n) is 8.45. The van der Waals surface area contributed by atoms with Crippen molar-refractivity contribution < 1.29 is 19.0 Å². The van der Waals surface area contributed by atoms with Crippen LogP contribution in [-0.2, 0) is 4.79 Å². The fraction of sp³-hybridized carbons (Fsp3) is 0.182. The van der Waals surface area contributed by atoms with Crippen molar-refractivity contribution in [3.63, 3.8) is 0 Å². The van der Waals surface area contributed by atoms with E-state index in [0.717, 1.165) is 0 Å². The van der Waals surface area contributed by atoms with Crippen molar-refractivity contribution in [2.24, 2.45) is 0 Å². The smallest absolute Gasteiger partial charge is 0.331 e. The molecule has 0 bridgehead atoms. The van der Waals surface area contributed by atoms with E-state index in [1.807, 2.05) is 0 Å². The average Bonchev–Trinajstić information content (AvgIpc) is 2.20. The molecule has 1 rings (SSSR count). The Kier molecular flexibility index (Phi) is 3.44. The molecule has 1 N–H and O–H groups in total. The first-order chi connectivity index (χ1) is 7.04. The quantitative estimate of drug-likeness (QED) is 0.779. The molecule has 0 atom stereocenters. The first-order valence-corrected chi connectivity index (χ1v) is 4.29. The molecule has 0 amide bonds. The summed E-state index contributed by atoms with van der Waals surface area (Å²) in [4.78, 5) is 10.5. The normalized spacial score (nSPS) is 11.3. The van der Waals surface area contributed by atoms with Gasteiger partial charge in [0.25, 0.3) is 0 Å². The van der Waals surface area contributed by atoms with Crippen molar-refractivity contribution in [3.8, 4) is 5.75 Å². The Bertz CT molecular complexity index is 410. The summed E-state index contributed by atoms with van der Waals surface area (Å²) in [6.07, 6.45) is 1.27. The van der Waals surface area contributed by atoms with E-state index < -0.39 is 11.8 Å². The number of rotatable bonds is 3. The number of halogens is 1. The van der Waals surface area contributed by atoms with E-state index in [-0.39, 0.29) is 11.1 Å². The van der Waals surface area contributed by atoms with Crippen molar-refractivity contribution in [2.75, 3.05) is 7.11 Å². The van der Waals surface area contributed by atoms with Crippen LogP contribution in [0.2, 0.25) is 0 Å². The monoisotopic (exact) mass is 210 g/mol. The van der Waals surface area contributed by atoms with Crippen LogP contribution in [0, 0.1) is 5.82 Å². The fourth-order valence-corrected chi connectivity index (χ4v) is 1.05. The number of hydrogen-bond acceptors (Lipinski definition) is 2. The molecule has 4 heteroatoms. The molecular formula is C11H11FO3. The molecule has 0 saturated heterocycles. The number of carbonyl (C=O) groups is 1. The van der Waals surface area contributed by atoms with Gasteiger partial charge in [0.15, 0.2) is 0 Å². The van der Waals surface area contributed by atoms with Gasteiger partial charge in [-0.05, 0) is 25.1 Å². The molecule has 0 aliphatic heterocycles. The summed E-state index contributed by atoms with van der Waals surface area (Å²) in [5, 5.41) is 8.62. The van der Waals surface area contributed by atoms with Gasteiger partial charge in [0.1, 0.15) is 11.6 Å². The van der Waals surface area contributed by atoms with Gasteiger partial charge in [-0.15, -0.1) is 0 Å². The molecule has 3 nitrogen and oxygen atoms in total. The van der Waals surface area contributed by atoms with E-state index in [4.69, 9.17) is 9.84 Å². The topological polar surface area (TPSA) is 46.5 Å². The second kappa shape index (κ2) is 4.59. The molecule has 0 aliphatic rings. The van der Waals surface area contributed by atoms with Gasteiger partial charge in [0.05, 0.1) is 7.11 Å². The Morgan fingerprint density at radius 1 is 1.53 bits per heavy atom. The summed E-state index contributed by atoms with van der Waals surface area (Å²) in [6, 6.07) is 4.26. The van der Waals surface area contributed by atoms with Crippen LogP contribution in [0.15, 0.2) is 23.8 Å². The van der Waals surface area contributed by atoms with Crippen molar-refractivity contribution >= 4 is 12.0 Å². The number of carboxylic acids is 1. The molecule has 0 spiro atoms. The number of hydrogen-bond donors (Lipinski definition) is 1. The van der Waals surface area contributed by atoms with Crippen LogP contribution >= 0.6 is 0 Å². The Morgan fingerprint density at radius 3 is 2.67 bits per heavy atom. The maximum absolute atomic E-state index is 13.3. The van der Waals surface area contributed by atoms with Gasteiger partial charge < -0.3 is 9.84 Å². The van der Waals surface area contributed by atoms with Crippen LogP contribution in [0.25, 0.3) is 6.08 Å². The molecule has 0 heterocycles. The van der Waals surface area contributed by atoms with Crippen molar-refractivity contribution in [1.29, 1.82) is 0 Å². The molecule has 0 saturated carbocycles. The number of aliphatic carboxylic acids is 1. The minimum atomic E-state index is -1.06. The van der Waals surface area contributed by atoms with E-state index >= 15 is 0 Å². The van der Waals surface area contributed by atoms with E-state index in [0.29, 0.717) is 5.75 Å². The van der Waals surface area contributed by atoms with Gasteiger partial charge in [0, 0.05) is 17.2 Å². The maximum Gasteiger partial charge on any atom is 0.331 e. The van der Waals surface area contributed by atoms with Gasteiger partial charge in [-0.1, -0.05) is 0 Å². The zero-order chi connectivity index (χ0) is 11.4. The molecule has 15 heavy (non-hydrogen) atoms. The minimum Gasteiger partial charge on any atom is -0.497 e. The largest absolute Gasteiger partial charge is 0.497 e. The van der Waals surface area contributed by atoms with Crippen molar-refractivity contribution in [2.45, 2.75) is 6.92 Å².